The summed E-state index contributed by atoms with van der Waals surface area (Å²) >= 11 is 0. The monoisotopic (exact) mass is 350 g/mol. The lowest BCUT2D eigenvalue weighted by Gasteiger charge is -2.49. The summed E-state index contributed by atoms with van der Waals surface area (Å²) in [6.07, 6.45) is 6.24. The number of carbonyl (C=O) groups excluding carboxylic acids is 1. The minimum Gasteiger partial charge on any atom is -0.381 e. The van der Waals surface area contributed by atoms with Crippen LogP contribution in [0.4, 0.5) is 0 Å². The number of ether oxygens (including phenoxy) is 1. The van der Waals surface area contributed by atoms with Crippen molar-refractivity contribution in [2.45, 2.75) is 24.0 Å². The lowest BCUT2D eigenvalue weighted by molar-refractivity contribution is 0.0228. The molecule has 0 bridgehead atoms. The summed E-state index contributed by atoms with van der Waals surface area (Å²) < 4.78 is 30.2. The van der Waals surface area contributed by atoms with E-state index < -0.39 is 14.6 Å². The Morgan fingerprint density at radius 3 is 2.58 bits per heavy atom. The van der Waals surface area contributed by atoms with Crippen LogP contribution in [0.25, 0.3) is 0 Å². The van der Waals surface area contributed by atoms with Crippen molar-refractivity contribution in [3.63, 3.8) is 0 Å². The van der Waals surface area contributed by atoms with Crippen LogP contribution in [0.2, 0.25) is 0 Å². The van der Waals surface area contributed by atoms with Crippen LogP contribution >= 0.6 is 0 Å². The van der Waals surface area contributed by atoms with Crippen molar-refractivity contribution in [2.75, 3.05) is 32.1 Å². The highest BCUT2D eigenvalue weighted by atomic mass is 32.2. The maximum atomic E-state index is 12.6. The molecule has 2 saturated heterocycles. The largest absolute Gasteiger partial charge is 0.381 e. The van der Waals surface area contributed by atoms with Gasteiger partial charge in [-0.3, -0.25) is 9.78 Å². The number of aromatic nitrogens is 1. The van der Waals surface area contributed by atoms with Crippen LogP contribution in [0.5, 0.6) is 0 Å². The second kappa shape index (κ2) is 5.81. The van der Waals surface area contributed by atoms with Crippen molar-refractivity contribution in [3.8, 4) is 0 Å². The van der Waals surface area contributed by atoms with Crippen molar-refractivity contribution in [1.29, 1.82) is 0 Å². The molecule has 7 heteroatoms. The predicted octanol–water partition coefficient (Wildman–Crippen LogP) is 1.14. The Morgan fingerprint density at radius 1 is 1.21 bits per heavy atom. The summed E-state index contributed by atoms with van der Waals surface area (Å²) in [5.41, 5.74) is 0.553. The van der Waals surface area contributed by atoms with Gasteiger partial charge in [0.15, 0.2) is 9.84 Å². The normalized spacial score (nSPS) is 27.2. The fraction of sp³-hybridized carbons (Fsp3) is 0.647. The van der Waals surface area contributed by atoms with E-state index in [1.807, 2.05) is 0 Å². The van der Waals surface area contributed by atoms with E-state index in [1.54, 1.807) is 29.4 Å². The van der Waals surface area contributed by atoms with Gasteiger partial charge in [0.1, 0.15) is 4.75 Å². The number of rotatable bonds is 5. The molecule has 3 heterocycles. The van der Waals surface area contributed by atoms with Crippen LogP contribution in [-0.4, -0.2) is 61.0 Å². The Kier molecular flexibility index (Phi) is 3.88. The first kappa shape index (κ1) is 16.0. The van der Waals surface area contributed by atoms with Gasteiger partial charge in [-0.25, -0.2) is 8.42 Å². The molecular weight excluding hydrogens is 328 g/mol. The number of carbonyl (C=O) groups is 1. The average molecular weight is 350 g/mol. The van der Waals surface area contributed by atoms with Crippen molar-refractivity contribution in [3.05, 3.63) is 30.1 Å². The topological polar surface area (TPSA) is 76.6 Å². The molecular formula is C17H22N2O4S. The highest BCUT2D eigenvalue weighted by Crippen LogP contribution is 2.45. The molecule has 130 valence electrons. The zero-order valence-corrected chi connectivity index (χ0v) is 14.4. The van der Waals surface area contributed by atoms with Gasteiger partial charge in [0, 0.05) is 43.6 Å². The number of pyridine rings is 1. The maximum Gasteiger partial charge on any atom is 0.254 e. The van der Waals surface area contributed by atoms with Crippen molar-refractivity contribution in [2.24, 2.45) is 11.8 Å². The Morgan fingerprint density at radius 2 is 1.92 bits per heavy atom. The number of hydrogen-bond donors (Lipinski definition) is 0. The third kappa shape index (κ3) is 2.63. The number of amides is 1. The molecule has 6 nitrogen and oxygen atoms in total. The molecule has 1 aliphatic carbocycles. The van der Waals surface area contributed by atoms with Crippen LogP contribution < -0.4 is 0 Å². The summed E-state index contributed by atoms with van der Waals surface area (Å²) in [6.45, 7) is 1.81. The van der Waals surface area contributed by atoms with E-state index in [0.29, 0.717) is 24.5 Å². The summed E-state index contributed by atoms with van der Waals surface area (Å²) in [7, 11) is -3.17. The third-order valence-corrected chi connectivity index (χ3v) is 8.20. The van der Waals surface area contributed by atoms with Crippen molar-refractivity contribution in [1.82, 2.24) is 9.88 Å². The molecule has 1 aromatic heterocycles. The van der Waals surface area contributed by atoms with Gasteiger partial charge in [0.05, 0.1) is 12.4 Å². The quantitative estimate of drug-likeness (QED) is 0.796. The molecule has 0 N–H and O–H groups in total. The Labute approximate surface area is 142 Å². The zero-order valence-electron chi connectivity index (χ0n) is 13.6. The SMILES string of the molecule is O=C(c1ccncc1)N1CC2(C1)[C@@H](COCC1CC1)CCS2(=O)=O. The minimum absolute atomic E-state index is 0.00254. The van der Waals surface area contributed by atoms with Gasteiger partial charge in [-0.1, -0.05) is 0 Å². The third-order valence-electron chi connectivity index (χ3n) is 5.60. The highest BCUT2D eigenvalue weighted by molar-refractivity contribution is 7.93. The van der Waals surface area contributed by atoms with Crippen LogP contribution in [-0.2, 0) is 14.6 Å². The lowest BCUT2D eigenvalue weighted by Crippen LogP contribution is -2.68. The maximum absolute atomic E-state index is 12.6. The Balaban J connectivity index is 1.43. The van der Waals surface area contributed by atoms with E-state index in [9.17, 15) is 13.2 Å². The summed E-state index contributed by atoms with van der Waals surface area (Å²) in [6, 6.07) is 3.32. The molecule has 1 aromatic rings. The molecule has 1 amide bonds. The first-order chi connectivity index (χ1) is 11.5. The molecule has 1 saturated carbocycles. The first-order valence-corrected chi connectivity index (χ1v) is 10.2. The standard InChI is InChI=1S/C17H22N2O4S/c20-16(14-3-6-18-7-4-14)19-11-17(12-19)15(5-8-24(17,21)22)10-23-9-13-1-2-13/h3-4,6-7,13,15H,1-2,5,8-12H2/t15-/m1/s1. The van der Waals surface area contributed by atoms with Crippen LogP contribution in [0.15, 0.2) is 24.5 Å². The van der Waals surface area contributed by atoms with Gasteiger partial charge in [0.25, 0.3) is 5.91 Å². The van der Waals surface area contributed by atoms with E-state index in [4.69, 9.17) is 4.74 Å². The number of hydrogen-bond acceptors (Lipinski definition) is 5. The number of likely N-dealkylation sites (tertiary alicyclic amines) is 1. The molecule has 3 fully saturated rings. The van der Waals surface area contributed by atoms with E-state index in [0.717, 1.165) is 6.61 Å². The van der Waals surface area contributed by atoms with E-state index in [2.05, 4.69) is 4.98 Å². The van der Waals surface area contributed by atoms with Gasteiger partial charge in [-0.05, 0) is 37.3 Å². The van der Waals surface area contributed by atoms with Crippen molar-refractivity contribution >= 4 is 15.7 Å². The van der Waals surface area contributed by atoms with Crippen molar-refractivity contribution < 1.29 is 17.9 Å². The van der Waals surface area contributed by atoms with Gasteiger partial charge < -0.3 is 9.64 Å². The Hall–Kier alpha value is -1.47. The lowest BCUT2D eigenvalue weighted by atomic mass is 9.83. The van der Waals surface area contributed by atoms with E-state index in [1.165, 1.54) is 12.8 Å². The molecule has 0 unspecified atom stereocenters. The Bertz CT molecular complexity index is 724. The number of sulfone groups is 1. The summed E-state index contributed by atoms with van der Waals surface area (Å²) in [5.74, 6) is 0.762. The zero-order chi connectivity index (χ0) is 16.8. The molecule has 2 aliphatic heterocycles. The molecule has 0 radical (unpaired) electrons. The van der Waals surface area contributed by atoms with E-state index in [-0.39, 0.29) is 30.7 Å². The molecule has 3 aliphatic rings. The van der Waals surface area contributed by atoms with Crippen LogP contribution in [0.3, 0.4) is 0 Å². The molecule has 24 heavy (non-hydrogen) atoms. The summed E-state index contributed by atoms with van der Waals surface area (Å²) in [5, 5.41) is 0. The van der Waals surface area contributed by atoms with Gasteiger partial charge in [-0.15, -0.1) is 0 Å². The van der Waals surface area contributed by atoms with Gasteiger partial charge >= 0.3 is 0 Å². The fourth-order valence-electron chi connectivity index (χ4n) is 3.79. The smallest absolute Gasteiger partial charge is 0.254 e. The van der Waals surface area contributed by atoms with Crippen LogP contribution in [0, 0.1) is 11.8 Å². The predicted molar refractivity (Wildman–Crippen MR) is 88.3 cm³/mol. The molecule has 1 spiro atoms. The molecule has 0 aromatic carbocycles. The van der Waals surface area contributed by atoms with Crippen LogP contribution in [0.1, 0.15) is 29.6 Å². The molecule has 1 atom stereocenters. The molecule has 4 rings (SSSR count). The average Bonchev–Trinajstić information content (AvgIpc) is 3.31. The van der Waals surface area contributed by atoms with E-state index >= 15 is 0 Å². The second-order valence-corrected chi connectivity index (χ2v) is 9.70. The first-order valence-electron chi connectivity index (χ1n) is 8.51. The number of nitrogens with zero attached hydrogens (tertiary/aromatic N) is 2. The summed E-state index contributed by atoms with van der Waals surface area (Å²) in [4.78, 5) is 18.0. The van der Waals surface area contributed by atoms with Gasteiger partial charge in [0.2, 0.25) is 0 Å². The second-order valence-electron chi connectivity index (χ2n) is 7.25. The van der Waals surface area contributed by atoms with Gasteiger partial charge in [-0.2, -0.15) is 0 Å². The fourth-order valence-corrected chi connectivity index (χ4v) is 6.19. The highest BCUT2D eigenvalue weighted by Gasteiger charge is 2.62. The minimum atomic E-state index is -3.17.